The van der Waals surface area contributed by atoms with E-state index >= 15 is 0 Å². The molecule has 0 aliphatic carbocycles. The summed E-state index contributed by atoms with van der Waals surface area (Å²) in [5.41, 5.74) is 0.156. The van der Waals surface area contributed by atoms with E-state index in [-0.39, 0.29) is 5.56 Å². The maximum absolute atomic E-state index is 12.1. The predicted molar refractivity (Wildman–Crippen MR) is 117 cm³/mol. The monoisotopic (exact) mass is 403 g/mol. The van der Waals surface area contributed by atoms with Crippen LogP contribution in [-0.2, 0) is 6.18 Å². The minimum Gasteiger partial charge on any atom is -0.261 e. The average molecular weight is 404 g/mol. The summed E-state index contributed by atoms with van der Waals surface area (Å²) in [7, 11) is 0. The summed E-state index contributed by atoms with van der Waals surface area (Å²) in [6.07, 6.45) is 13.6. The molecule has 1 nitrogen and oxygen atoms in total. The van der Waals surface area contributed by atoms with Crippen LogP contribution in [-0.4, -0.2) is 4.98 Å². The van der Waals surface area contributed by atoms with Gasteiger partial charge in [0.15, 0.2) is 0 Å². The number of pyridine rings is 1. The minimum atomic E-state index is -4.29. The van der Waals surface area contributed by atoms with Gasteiger partial charge in [0.05, 0.1) is 5.56 Å². The molecule has 0 unspecified atom stereocenters. The van der Waals surface area contributed by atoms with Gasteiger partial charge in [0.1, 0.15) is 0 Å². The van der Waals surface area contributed by atoms with E-state index in [1.165, 1.54) is 90.0 Å². The van der Waals surface area contributed by atoms with Crippen molar-refractivity contribution in [3.63, 3.8) is 0 Å². The highest BCUT2D eigenvalue weighted by Gasteiger charge is 2.32. The second-order valence-electron chi connectivity index (χ2n) is 7.47. The molecule has 0 amide bonds. The molecule has 0 saturated carbocycles. The van der Waals surface area contributed by atoms with Crippen LogP contribution >= 0.6 is 0 Å². The Bertz CT molecular complexity index is 432. The lowest BCUT2D eigenvalue weighted by atomic mass is 10.1. The van der Waals surface area contributed by atoms with Gasteiger partial charge in [0.25, 0.3) is 0 Å². The zero-order valence-electron chi connectivity index (χ0n) is 19.2. The molecule has 1 aromatic heterocycles. The van der Waals surface area contributed by atoms with Crippen LogP contribution in [0.1, 0.15) is 122 Å². The number of rotatable bonds is 10. The second-order valence-corrected chi connectivity index (χ2v) is 7.47. The van der Waals surface area contributed by atoms with Crippen LogP contribution in [0.15, 0.2) is 12.3 Å². The van der Waals surface area contributed by atoms with Crippen molar-refractivity contribution in [1.29, 1.82) is 0 Å². The molecule has 1 heterocycles. The Kier molecular flexibility index (Phi) is 20.1. The summed E-state index contributed by atoms with van der Waals surface area (Å²) < 4.78 is 36.4. The van der Waals surface area contributed by atoms with E-state index in [4.69, 9.17) is 0 Å². The summed E-state index contributed by atoms with van der Waals surface area (Å²) >= 11 is 0. The molecule has 0 atom stereocenters. The number of alkyl halides is 3. The van der Waals surface area contributed by atoms with Gasteiger partial charge >= 0.3 is 6.18 Å². The van der Waals surface area contributed by atoms with E-state index in [9.17, 15) is 13.2 Å². The maximum atomic E-state index is 12.1. The highest BCUT2D eigenvalue weighted by atomic mass is 19.4. The Morgan fingerprint density at radius 2 is 1.04 bits per heavy atom. The third-order valence-electron chi connectivity index (χ3n) is 4.47. The summed E-state index contributed by atoms with van der Waals surface area (Å²) in [4.78, 5) is 3.59. The highest BCUT2D eigenvalue weighted by molar-refractivity contribution is 5.27. The van der Waals surface area contributed by atoms with Gasteiger partial charge in [0, 0.05) is 11.9 Å². The van der Waals surface area contributed by atoms with E-state index in [0.29, 0.717) is 5.69 Å². The number of hydrogen-bond donors (Lipinski definition) is 0. The van der Waals surface area contributed by atoms with Crippen LogP contribution in [0.3, 0.4) is 0 Å². The Hall–Kier alpha value is -1.06. The zero-order chi connectivity index (χ0) is 21.8. The third kappa shape index (κ3) is 18.3. The zero-order valence-corrected chi connectivity index (χ0v) is 19.2. The Morgan fingerprint density at radius 3 is 1.29 bits per heavy atom. The molecule has 166 valence electrons. The lowest BCUT2D eigenvalue weighted by Gasteiger charge is -2.09. The Morgan fingerprint density at radius 1 is 0.679 bits per heavy atom. The molecule has 0 fully saturated rings. The van der Waals surface area contributed by atoms with Crippen LogP contribution in [0.5, 0.6) is 0 Å². The largest absolute Gasteiger partial charge is 0.418 e. The number of nitrogens with zero attached hydrogens (tertiary/aromatic N) is 1. The first-order chi connectivity index (χ1) is 13.2. The normalized spacial score (nSPS) is 10.6. The van der Waals surface area contributed by atoms with E-state index in [1.54, 1.807) is 6.92 Å². The number of hydrogen-bond acceptors (Lipinski definition) is 1. The Labute approximate surface area is 172 Å². The molecule has 0 aromatic carbocycles. The van der Waals surface area contributed by atoms with Gasteiger partial charge < -0.3 is 0 Å². The smallest absolute Gasteiger partial charge is 0.261 e. The second kappa shape index (κ2) is 19.3. The maximum Gasteiger partial charge on any atom is 0.418 e. The summed E-state index contributed by atoms with van der Waals surface area (Å²) in [6, 6.07) is 1.42. The predicted octanol–water partition coefficient (Wildman–Crippen LogP) is 9.45. The van der Waals surface area contributed by atoms with Crippen LogP contribution < -0.4 is 0 Å². The number of aryl methyl sites for hydroxylation is 2. The summed E-state index contributed by atoms with van der Waals surface area (Å²) in [6.45, 7) is 12.1. The van der Waals surface area contributed by atoms with Gasteiger partial charge in [-0.05, 0) is 25.5 Å². The van der Waals surface area contributed by atoms with Crippen molar-refractivity contribution in [3.8, 4) is 0 Å². The molecule has 0 N–H and O–H groups in total. The first kappa shape index (κ1) is 29.1. The number of halogens is 3. The minimum absolute atomic E-state index is 0.218. The van der Waals surface area contributed by atoms with Gasteiger partial charge in [-0.1, -0.05) is 105 Å². The van der Waals surface area contributed by atoms with Gasteiger partial charge in [-0.2, -0.15) is 13.2 Å². The molecule has 0 saturated heterocycles. The lowest BCUT2D eigenvalue weighted by Crippen LogP contribution is -2.08. The van der Waals surface area contributed by atoms with Crippen molar-refractivity contribution in [3.05, 3.63) is 29.1 Å². The first-order valence-electron chi connectivity index (χ1n) is 11.2. The van der Waals surface area contributed by atoms with Gasteiger partial charge in [-0.3, -0.25) is 4.98 Å². The van der Waals surface area contributed by atoms with E-state index in [2.05, 4.69) is 32.7 Å². The summed E-state index contributed by atoms with van der Waals surface area (Å²) in [5, 5.41) is 0. The van der Waals surface area contributed by atoms with Crippen molar-refractivity contribution in [2.75, 3.05) is 0 Å². The molecule has 0 radical (unpaired) electrons. The topological polar surface area (TPSA) is 12.9 Å². The molecule has 0 spiro atoms. The Balaban J connectivity index is 0. The lowest BCUT2D eigenvalue weighted by molar-refractivity contribution is -0.138. The average Bonchev–Trinajstić information content (AvgIpc) is 2.62. The number of aromatic nitrogens is 1. The van der Waals surface area contributed by atoms with Crippen molar-refractivity contribution in [1.82, 2.24) is 4.98 Å². The molecule has 28 heavy (non-hydrogen) atoms. The van der Waals surface area contributed by atoms with E-state index in [1.807, 2.05) is 0 Å². The fraction of sp³-hybridized carbons (Fsp3) is 0.792. The van der Waals surface area contributed by atoms with Gasteiger partial charge in [0.2, 0.25) is 0 Å². The third-order valence-corrected chi connectivity index (χ3v) is 4.47. The van der Waals surface area contributed by atoms with E-state index < -0.39 is 11.7 Å². The number of unbranched alkanes of at least 4 members (excludes halogenated alkanes) is 10. The molecule has 0 aliphatic rings. The molecule has 1 aromatic rings. The molecular formula is C24H44F3N. The van der Waals surface area contributed by atoms with Crippen LogP contribution in [0, 0.1) is 13.8 Å². The van der Waals surface area contributed by atoms with Crippen molar-refractivity contribution in [2.45, 2.75) is 125 Å². The van der Waals surface area contributed by atoms with E-state index in [0.717, 1.165) is 6.20 Å². The van der Waals surface area contributed by atoms with Crippen molar-refractivity contribution in [2.24, 2.45) is 0 Å². The van der Waals surface area contributed by atoms with Gasteiger partial charge in [-0.25, -0.2) is 0 Å². The van der Waals surface area contributed by atoms with Crippen molar-refractivity contribution < 1.29 is 13.2 Å². The quantitative estimate of drug-likeness (QED) is 0.354. The highest BCUT2D eigenvalue weighted by Crippen LogP contribution is 2.31. The summed E-state index contributed by atoms with van der Waals surface area (Å²) in [5.74, 6) is 0. The van der Waals surface area contributed by atoms with Crippen molar-refractivity contribution >= 4 is 0 Å². The molecule has 4 heteroatoms. The fourth-order valence-electron chi connectivity index (χ4n) is 2.70. The molecule has 0 bridgehead atoms. The molecule has 1 rings (SSSR count). The SMILES string of the molecule is CCCCCCCC.CCCCCCCC.Cc1cc(C)c(C(F)(F)F)cn1. The fourth-order valence-corrected chi connectivity index (χ4v) is 2.70. The molecular weight excluding hydrogens is 359 g/mol. The van der Waals surface area contributed by atoms with Crippen LogP contribution in [0.2, 0.25) is 0 Å². The standard InChI is InChI=1S/C8H8F3N.2C8H18/c1-5-3-6(2)12-4-7(5)8(9,10)11;2*1-3-5-7-8-6-4-2/h3-4H,1-2H3;2*3-8H2,1-2H3. The first-order valence-corrected chi connectivity index (χ1v) is 11.2. The van der Waals surface area contributed by atoms with Crippen LogP contribution in [0.25, 0.3) is 0 Å². The van der Waals surface area contributed by atoms with Crippen LogP contribution in [0.4, 0.5) is 13.2 Å². The molecule has 0 aliphatic heterocycles. The van der Waals surface area contributed by atoms with Gasteiger partial charge in [-0.15, -0.1) is 0 Å².